The molecule has 0 bridgehead atoms. The summed E-state index contributed by atoms with van der Waals surface area (Å²) in [5, 5.41) is 12.9. The van der Waals surface area contributed by atoms with Crippen molar-refractivity contribution in [3.63, 3.8) is 0 Å². The first kappa shape index (κ1) is 9.35. The van der Waals surface area contributed by atoms with Crippen molar-refractivity contribution in [1.29, 1.82) is 5.26 Å². The Labute approximate surface area is 78.0 Å². The van der Waals surface area contributed by atoms with E-state index in [4.69, 9.17) is 5.26 Å². The van der Waals surface area contributed by atoms with E-state index in [1.54, 1.807) is 10.9 Å². The molecule has 1 aromatic rings. The Morgan fingerprint density at radius 1 is 1.62 bits per heavy atom. The van der Waals surface area contributed by atoms with Gasteiger partial charge < -0.3 is 0 Å². The minimum absolute atomic E-state index is 0.643. The third kappa shape index (κ3) is 2.35. The average Bonchev–Trinajstić information content (AvgIpc) is 2.47. The Morgan fingerprint density at radius 3 is 2.92 bits per heavy atom. The van der Waals surface area contributed by atoms with Crippen molar-refractivity contribution in [2.24, 2.45) is 0 Å². The minimum Gasteiger partial charge on any atom is -0.270 e. The molecule has 3 heteroatoms. The molecular formula is C10H11N3. The molecule has 0 spiro atoms. The predicted octanol–water partition coefficient (Wildman–Crippen LogP) is 1.48. The van der Waals surface area contributed by atoms with E-state index in [0.29, 0.717) is 5.56 Å². The molecule has 1 aromatic heterocycles. The third-order valence-corrected chi connectivity index (χ3v) is 1.71. The van der Waals surface area contributed by atoms with Gasteiger partial charge in [0.05, 0.1) is 17.8 Å². The summed E-state index contributed by atoms with van der Waals surface area (Å²) in [6.45, 7) is 4.40. The molecule has 0 aliphatic rings. The lowest BCUT2D eigenvalue weighted by Gasteiger charge is -1.93. The Balaban J connectivity index is 2.68. The largest absolute Gasteiger partial charge is 0.270 e. The van der Waals surface area contributed by atoms with Gasteiger partial charge in [0, 0.05) is 12.6 Å². The van der Waals surface area contributed by atoms with Crippen LogP contribution in [0.15, 0.2) is 6.20 Å². The van der Waals surface area contributed by atoms with Gasteiger partial charge in [0.25, 0.3) is 0 Å². The smallest absolute Gasteiger partial charge is 0.103 e. The highest BCUT2D eigenvalue weighted by Gasteiger charge is 2.01. The Hall–Kier alpha value is -1.74. The summed E-state index contributed by atoms with van der Waals surface area (Å²) in [5.74, 6) is 5.77. The molecule has 1 rings (SSSR count). The Morgan fingerprint density at radius 2 is 2.38 bits per heavy atom. The van der Waals surface area contributed by atoms with Gasteiger partial charge in [-0.1, -0.05) is 0 Å². The first-order valence-electron chi connectivity index (χ1n) is 4.11. The van der Waals surface area contributed by atoms with Crippen molar-refractivity contribution in [3.8, 4) is 17.9 Å². The van der Waals surface area contributed by atoms with Crippen LogP contribution in [0.3, 0.4) is 0 Å². The van der Waals surface area contributed by atoms with Crippen LogP contribution >= 0.6 is 0 Å². The van der Waals surface area contributed by atoms with Gasteiger partial charge in [0.1, 0.15) is 6.07 Å². The molecule has 0 saturated heterocycles. The molecule has 0 aromatic carbocycles. The van der Waals surface area contributed by atoms with Crippen LogP contribution in [0.4, 0.5) is 0 Å². The zero-order valence-corrected chi connectivity index (χ0v) is 7.83. The summed E-state index contributed by atoms with van der Waals surface area (Å²) in [6.07, 6.45) is 2.54. The maximum absolute atomic E-state index is 8.67. The fourth-order valence-electron chi connectivity index (χ4n) is 1.04. The second-order valence-electron chi connectivity index (χ2n) is 2.68. The quantitative estimate of drug-likeness (QED) is 0.635. The lowest BCUT2D eigenvalue weighted by atomic mass is 10.3. The van der Waals surface area contributed by atoms with Gasteiger partial charge in [0.2, 0.25) is 0 Å². The third-order valence-electron chi connectivity index (χ3n) is 1.71. The molecule has 1 heterocycles. The van der Waals surface area contributed by atoms with Gasteiger partial charge in [-0.2, -0.15) is 10.4 Å². The second kappa shape index (κ2) is 4.33. The highest BCUT2D eigenvalue weighted by Crippen LogP contribution is 2.03. The number of rotatable bonds is 2. The second-order valence-corrected chi connectivity index (χ2v) is 2.68. The lowest BCUT2D eigenvalue weighted by Crippen LogP contribution is -1.97. The van der Waals surface area contributed by atoms with E-state index in [0.717, 1.165) is 18.7 Å². The fraction of sp³-hybridized carbons (Fsp3) is 0.400. The molecule has 0 aliphatic carbocycles. The Bertz CT molecular complexity index is 385. The fourth-order valence-corrected chi connectivity index (χ4v) is 1.04. The van der Waals surface area contributed by atoms with Crippen molar-refractivity contribution < 1.29 is 0 Å². The van der Waals surface area contributed by atoms with Crippen LogP contribution < -0.4 is 0 Å². The number of nitrogens with zero attached hydrogens (tertiary/aromatic N) is 3. The molecular weight excluding hydrogens is 162 g/mol. The van der Waals surface area contributed by atoms with Crippen LogP contribution in [-0.2, 0) is 6.54 Å². The van der Waals surface area contributed by atoms with Gasteiger partial charge >= 0.3 is 0 Å². The van der Waals surface area contributed by atoms with E-state index in [-0.39, 0.29) is 0 Å². The summed E-state index contributed by atoms with van der Waals surface area (Å²) >= 11 is 0. The van der Waals surface area contributed by atoms with Gasteiger partial charge in [-0.15, -0.1) is 11.8 Å². The summed E-state index contributed by atoms with van der Waals surface area (Å²) < 4.78 is 1.76. The minimum atomic E-state index is 0.643. The molecule has 3 nitrogen and oxygen atoms in total. The first-order chi connectivity index (χ1) is 6.27. The molecule has 0 saturated carbocycles. The van der Waals surface area contributed by atoms with Gasteiger partial charge in [-0.05, 0) is 13.8 Å². The molecule has 0 fully saturated rings. The molecule has 0 radical (unpaired) electrons. The van der Waals surface area contributed by atoms with E-state index in [9.17, 15) is 0 Å². The number of aryl methyl sites for hydroxylation is 2. The molecule has 0 N–H and O–H groups in total. The molecule has 0 aliphatic heterocycles. The molecule has 0 amide bonds. The number of hydrogen-bond acceptors (Lipinski definition) is 2. The SMILES string of the molecule is CC#CCCn1cc(C#N)c(C)n1. The van der Waals surface area contributed by atoms with Crippen LogP contribution in [0.1, 0.15) is 24.6 Å². The van der Waals surface area contributed by atoms with Gasteiger partial charge in [0.15, 0.2) is 0 Å². The summed E-state index contributed by atoms with van der Waals surface area (Å²) in [4.78, 5) is 0. The number of nitriles is 1. The predicted molar refractivity (Wildman–Crippen MR) is 49.7 cm³/mol. The summed E-state index contributed by atoms with van der Waals surface area (Å²) in [7, 11) is 0. The summed E-state index contributed by atoms with van der Waals surface area (Å²) in [5.41, 5.74) is 1.43. The van der Waals surface area contributed by atoms with E-state index in [1.807, 2.05) is 13.8 Å². The van der Waals surface area contributed by atoms with Crippen LogP contribution in [0.2, 0.25) is 0 Å². The van der Waals surface area contributed by atoms with Crippen LogP contribution in [0.25, 0.3) is 0 Å². The molecule has 0 atom stereocenters. The number of hydrogen-bond donors (Lipinski definition) is 0. The van der Waals surface area contributed by atoms with Gasteiger partial charge in [-0.3, -0.25) is 4.68 Å². The normalized spacial score (nSPS) is 8.69. The van der Waals surface area contributed by atoms with Crippen LogP contribution in [-0.4, -0.2) is 9.78 Å². The molecule has 0 unspecified atom stereocenters. The Kier molecular flexibility index (Phi) is 3.11. The zero-order valence-electron chi connectivity index (χ0n) is 7.83. The molecule has 66 valence electrons. The van der Waals surface area contributed by atoms with Crippen LogP contribution in [0, 0.1) is 30.1 Å². The van der Waals surface area contributed by atoms with Crippen molar-refractivity contribution >= 4 is 0 Å². The number of aromatic nitrogens is 2. The monoisotopic (exact) mass is 173 g/mol. The highest BCUT2D eigenvalue weighted by molar-refractivity contribution is 5.29. The van der Waals surface area contributed by atoms with Crippen molar-refractivity contribution in [2.75, 3.05) is 0 Å². The summed E-state index contributed by atoms with van der Waals surface area (Å²) in [6, 6.07) is 2.09. The average molecular weight is 173 g/mol. The standard InChI is InChI=1S/C10H11N3/c1-3-4-5-6-13-8-10(7-11)9(2)12-13/h8H,5-6H2,1-2H3. The van der Waals surface area contributed by atoms with Gasteiger partial charge in [-0.25, -0.2) is 0 Å². The first-order valence-corrected chi connectivity index (χ1v) is 4.11. The van der Waals surface area contributed by atoms with Crippen molar-refractivity contribution in [2.45, 2.75) is 26.8 Å². The van der Waals surface area contributed by atoms with Crippen LogP contribution in [0.5, 0.6) is 0 Å². The highest BCUT2D eigenvalue weighted by atomic mass is 15.3. The van der Waals surface area contributed by atoms with E-state index < -0.39 is 0 Å². The maximum atomic E-state index is 8.67. The lowest BCUT2D eigenvalue weighted by molar-refractivity contribution is 0.624. The van der Waals surface area contributed by atoms with E-state index in [1.165, 1.54) is 0 Å². The van der Waals surface area contributed by atoms with Crippen molar-refractivity contribution in [3.05, 3.63) is 17.5 Å². The maximum Gasteiger partial charge on any atom is 0.103 e. The van der Waals surface area contributed by atoms with E-state index in [2.05, 4.69) is 23.0 Å². The zero-order chi connectivity index (χ0) is 9.68. The van der Waals surface area contributed by atoms with E-state index >= 15 is 0 Å². The molecule has 13 heavy (non-hydrogen) atoms. The topological polar surface area (TPSA) is 41.6 Å². The van der Waals surface area contributed by atoms with Crippen molar-refractivity contribution in [1.82, 2.24) is 9.78 Å².